The highest BCUT2D eigenvalue weighted by atomic mass is 16.4. The van der Waals surface area contributed by atoms with Crippen LogP contribution in [0.15, 0.2) is 24.5 Å². The van der Waals surface area contributed by atoms with Crippen LogP contribution in [0.25, 0.3) is 0 Å². The molecule has 1 aromatic rings. The zero-order chi connectivity index (χ0) is 12.8. The van der Waals surface area contributed by atoms with Crippen LogP contribution in [0.3, 0.4) is 0 Å². The number of rotatable bonds is 5. The van der Waals surface area contributed by atoms with E-state index >= 15 is 0 Å². The number of aromatic nitrogens is 1. The van der Waals surface area contributed by atoms with Crippen molar-refractivity contribution in [2.45, 2.75) is 25.8 Å². The first-order chi connectivity index (χ1) is 8.02. The Bertz CT molecular complexity index is 392. The Labute approximate surface area is 100 Å². The lowest BCUT2D eigenvalue weighted by Gasteiger charge is -2.21. The summed E-state index contributed by atoms with van der Waals surface area (Å²) in [6, 6.07) is 2.89. The van der Waals surface area contributed by atoms with E-state index in [-0.39, 0.29) is 5.91 Å². The van der Waals surface area contributed by atoms with Crippen molar-refractivity contribution < 1.29 is 14.7 Å². The van der Waals surface area contributed by atoms with Crippen molar-refractivity contribution in [1.82, 2.24) is 9.88 Å². The maximum Gasteiger partial charge on any atom is 0.326 e. The highest BCUT2D eigenvalue weighted by molar-refractivity contribution is 5.83. The molecule has 0 bridgehead atoms. The van der Waals surface area contributed by atoms with Gasteiger partial charge in [-0.1, -0.05) is 0 Å². The normalized spacial score (nSPS) is 11.9. The lowest BCUT2D eigenvalue weighted by atomic mass is 10.1. The summed E-state index contributed by atoms with van der Waals surface area (Å²) < 4.78 is 0. The van der Waals surface area contributed by atoms with Gasteiger partial charge in [0.25, 0.3) is 0 Å². The topological polar surface area (TPSA) is 70.5 Å². The van der Waals surface area contributed by atoms with Crippen LogP contribution >= 0.6 is 0 Å². The summed E-state index contributed by atoms with van der Waals surface area (Å²) >= 11 is 0. The number of aliphatic carboxylic acids is 1. The summed E-state index contributed by atoms with van der Waals surface area (Å²) in [5, 5.41) is 8.78. The Morgan fingerprint density at radius 1 is 1.41 bits per heavy atom. The smallest absolute Gasteiger partial charge is 0.326 e. The van der Waals surface area contributed by atoms with Gasteiger partial charge in [-0.05, 0) is 31.0 Å². The zero-order valence-corrected chi connectivity index (χ0v) is 9.96. The van der Waals surface area contributed by atoms with Crippen molar-refractivity contribution >= 4 is 11.9 Å². The van der Waals surface area contributed by atoms with Gasteiger partial charge in [-0.15, -0.1) is 0 Å². The van der Waals surface area contributed by atoms with Gasteiger partial charge in [0.15, 0.2) is 0 Å². The fraction of sp³-hybridized carbons (Fsp3) is 0.417. The summed E-state index contributed by atoms with van der Waals surface area (Å²) in [4.78, 5) is 27.6. The van der Waals surface area contributed by atoms with Crippen LogP contribution in [0.5, 0.6) is 0 Å². The predicted molar refractivity (Wildman–Crippen MR) is 62.4 cm³/mol. The minimum atomic E-state index is -0.996. The largest absolute Gasteiger partial charge is 0.480 e. The maximum absolute atomic E-state index is 11.7. The van der Waals surface area contributed by atoms with Crippen molar-refractivity contribution in [2.24, 2.45) is 0 Å². The number of pyridine rings is 1. The molecule has 1 heterocycles. The van der Waals surface area contributed by atoms with Gasteiger partial charge in [0.05, 0.1) is 0 Å². The lowest BCUT2D eigenvalue weighted by Crippen LogP contribution is -2.40. The van der Waals surface area contributed by atoms with Gasteiger partial charge in [-0.3, -0.25) is 9.78 Å². The number of carboxylic acid groups (broad SMARTS) is 1. The zero-order valence-electron chi connectivity index (χ0n) is 9.96. The molecule has 5 heteroatoms. The number of hydrogen-bond donors (Lipinski definition) is 1. The second-order valence-electron chi connectivity index (χ2n) is 3.87. The molecule has 1 aromatic heterocycles. The molecule has 1 amide bonds. The van der Waals surface area contributed by atoms with Crippen molar-refractivity contribution in [2.75, 3.05) is 7.05 Å². The van der Waals surface area contributed by atoms with Crippen LogP contribution < -0.4 is 0 Å². The highest BCUT2D eigenvalue weighted by Crippen LogP contribution is 2.05. The second-order valence-corrected chi connectivity index (χ2v) is 3.87. The molecule has 0 aliphatic rings. The van der Waals surface area contributed by atoms with E-state index < -0.39 is 12.0 Å². The first-order valence-electron chi connectivity index (χ1n) is 5.39. The second kappa shape index (κ2) is 5.98. The molecule has 1 N–H and O–H groups in total. The molecular formula is C12H16N2O3. The van der Waals surface area contributed by atoms with Crippen molar-refractivity contribution in [3.8, 4) is 0 Å². The van der Waals surface area contributed by atoms with Gasteiger partial charge in [0.2, 0.25) is 5.91 Å². The molecule has 0 aliphatic carbocycles. The molecule has 0 fully saturated rings. The number of carbonyl (C=O) groups excluding carboxylic acids is 1. The van der Waals surface area contributed by atoms with Gasteiger partial charge in [-0.25, -0.2) is 4.79 Å². The average molecular weight is 236 g/mol. The molecule has 0 aromatic carbocycles. The number of likely N-dealkylation sites (N-methyl/N-ethyl adjacent to an activating group) is 1. The lowest BCUT2D eigenvalue weighted by molar-refractivity contribution is -0.148. The Balaban J connectivity index is 2.47. The van der Waals surface area contributed by atoms with Crippen molar-refractivity contribution in [1.29, 1.82) is 0 Å². The quantitative estimate of drug-likeness (QED) is 0.826. The Kier molecular flexibility index (Phi) is 4.63. The number of nitrogens with zero attached hydrogens (tertiary/aromatic N) is 2. The van der Waals surface area contributed by atoms with E-state index in [9.17, 15) is 9.59 Å². The molecule has 0 aliphatic heterocycles. The predicted octanol–water partition coefficient (Wildman–Crippen LogP) is 0.946. The van der Waals surface area contributed by atoms with Crippen LogP contribution in [-0.4, -0.2) is 40.0 Å². The van der Waals surface area contributed by atoms with Crippen molar-refractivity contribution in [3.63, 3.8) is 0 Å². The van der Waals surface area contributed by atoms with E-state index in [0.717, 1.165) is 5.56 Å². The van der Waals surface area contributed by atoms with Crippen LogP contribution in [0, 0.1) is 0 Å². The van der Waals surface area contributed by atoms with E-state index in [0.29, 0.717) is 12.8 Å². The van der Waals surface area contributed by atoms with Gasteiger partial charge in [0, 0.05) is 25.9 Å². The number of carbonyl (C=O) groups is 2. The third kappa shape index (κ3) is 3.86. The standard InChI is InChI=1S/C12H16N2O3/c1-9(12(16)17)14(2)11(15)4-3-10-5-7-13-8-6-10/h5-9H,3-4H2,1-2H3,(H,16,17). The van der Waals surface area contributed by atoms with Gasteiger partial charge in [0.1, 0.15) is 6.04 Å². The van der Waals surface area contributed by atoms with Gasteiger partial charge in [-0.2, -0.15) is 0 Å². The third-order valence-corrected chi connectivity index (χ3v) is 2.71. The molecule has 92 valence electrons. The SMILES string of the molecule is CC(C(=O)O)N(C)C(=O)CCc1ccncc1. The highest BCUT2D eigenvalue weighted by Gasteiger charge is 2.20. The molecule has 17 heavy (non-hydrogen) atoms. The van der Waals surface area contributed by atoms with E-state index in [2.05, 4.69) is 4.98 Å². The monoisotopic (exact) mass is 236 g/mol. The first-order valence-corrected chi connectivity index (χ1v) is 5.39. The Morgan fingerprint density at radius 3 is 2.53 bits per heavy atom. The molecular weight excluding hydrogens is 220 g/mol. The molecule has 0 spiro atoms. The third-order valence-electron chi connectivity index (χ3n) is 2.71. The molecule has 1 atom stereocenters. The summed E-state index contributed by atoms with van der Waals surface area (Å²) in [5.74, 6) is -1.17. The van der Waals surface area contributed by atoms with Crippen molar-refractivity contribution in [3.05, 3.63) is 30.1 Å². The van der Waals surface area contributed by atoms with E-state index in [1.54, 1.807) is 12.4 Å². The molecule has 0 radical (unpaired) electrons. The molecule has 1 unspecified atom stereocenters. The van der Waals surface area contributed by atoms with Gasteiger partial charge >= 0.3 is 5.97 Å². The minimum absolute atomic E-state index is 0.170. The fourth-order valence-corrected chi connectivity index (χ4v) is 1.36. The molecule has 0 saturated carbocycles. The number of hydrogen-bond acceptors (Lipinski definition) is 3. The molecule has 5 nitrogen and oxygen atoms in total. The molecule has 1 rings (SSSR count). The molecule has 0 saturated heterocycles. The summed E-state index contributed by atoms with van der Waals surface area (Å²) in [6.45, 7) is 1.49. The van der Waals surface area contributed by atoms with Crippen LogP contribution in [0.2, 0.25) is 0 Å². The maximum atomic E-state index is 11.7. The number of amides is 1. The van der Waals surface area contributed by atoms with E-state index in [1.165, 1.54) is 18.9 Å². The summed E-state index contributed by atoms with van der Waals surface area (Å²) in [5.41, 5.74) is 1.02. The van der Waals surface area contributed by atoms with Crippen LogP contribution in [0.4, 0.5) is 0 Å². The summed E-state index contributed by atoms with van der Waals surface area (Å²) in [7, 11) is 1.51. The van der Waals surface area contributed by atoms with Crippen LogP contribution in [0.1, 0.15) is 18.9 Å². The Hall–Kier alpha value is -1.91. The average Bonchev–Trinajstić information content (AvgIpc) is 2.35. The summed E-state index contributed by atoms with van der Waals surface area (Å²) in [6.07, 6.45) is 4.24. The fourth-order valence-electron chi connectivity index (χ4n) is 1.36. The van der Waals surface area contributed by atoms with E-state index in [4.69, 9.17) is 5.11 Å². The Morgan fingerprint density at radius 2 is 2.00 bits per heavy atom. The van der Waals surface area contributed by atoms with E-state index in [1.807, 2.05) is 12.1 Å². The first kappa shape index (κ1) is 13.2. The number of aryl methyl sites for hydroxylation is 1. The van der Waals surface area contributed by atoms with Crippen LogP contribution in [-0.2, 0) is 16.0 Å². The van der Waals surface area contributed by atoms with Gasteiger partial charge < -0.3 is 10.0 Å². The number of carboxylic acids is 1. The minimum Gasteiger partial charge on any atom is -0.480 e.